The Morgan fingerprint density at radius 1 is 1.04 bits per heavy atom. The summed E-state index contributed by atoms with van der Waals surface area (Å²) in [5.74, 6) is 0.360. The average Bonchev–Trinajstić information content (AvgIpc) is 3.05. The lowest BCUT2D eigenvalue weighted by Crippen LogP contribution is -2.38. The summed E-state index contributed by atoms with van der Waals surface area (Å²) in [5.41, 5.74) is -2.56. The molecule has 0 saturated heterocycles. The second kappa shape index (κ2) is 6.69. The lowest BCUT2D eigenvalue weighted by atomic mass is 9.96. The highest BCUT2D eigenvalue weighted by Crippen LogP contribution is 2.37. The van der Waals surface area contributed by atoms with Gasteiger partial charge in [0.1, 0.15) is 16.2 Å². The van der Waals surface area contributed by atoms with Crippen LogP contribution in [0.2, 0.25) is 0 Å². The molecule has 0 aromatic carbocycles. The van der Waals surface area contributed by atoms with E-state index in [4.69, 9.17) is 0 Å². The van der Waals surface area contributed by atoms with Gasteiger partial charge in [-0.25, -0.2) is 19.7 Å². The molecule has 0 spiro atoms. The molecule has 0 aliphatic rings. The minimum absolute atomic E-state index is 0.0614. The smallest absolute Gasteiger partial charge is 0.280 e. The van der Waals surface area contributed by atoms with Crippen molar-refractivity contribution in [2.24, 2.45) is 14.1 Å². The van der Waals surface area contributed by atoms with Crippen molar-refractivity contribution >= 4 is 34.1 Å². The fraction of sp³-hybridized carbons (Fsp3) is 0.438. The highest BCUT2D eigenvalue weighted by molar-refractivity contribution is 8.01. The largest absolute Gasteiger partial charge is 0.434 e. The number of rotatable bonds is 2. The van der Waals surface area contributed by atoms with E-state index in [9.17, 15) is 22.8 Å². The van der Waals surface area contributed by atoms with Gasteiger partial charge in [-0.05, 0) is 11.8 Å². The molecule has 0 unspecified atom stereocenters. The highest BCUT2D eigenvalue weighted by Gasteiger charge is 2.34. The minimum atomic E-state index is -4.56. The fourth-order valence-electron chi connectivity index (χ4n) is 2.36. The van der Waals surface area contributed by atoms with Crippen LogP contribution >= 0.6 is 23.1 Å². The number of nitrogens with zero attached hydrogens (tertiary/aromatic N) is 5. The number of hydrogen-bond acceptors (Lipinski definition) is 7. The molecule has 0 aliphatic heterocycles. The van der Waals surface area contributed by atoms with Crippen molar-refractivity contribution < 1.29 is 13.2 Å². The van der Waals surface area contributed by atoms with E-state index < -0.39 is 28.5 Å². The van der Waals surface area contributed by atoms with Crippen molar-refractivity contribution in [3.8, 4) is 0 Å². The van der Waals surface area contributed by atoms with Crippen molar-refractivity contribution in [2.75, 3.05) is 0 Å². The zero-order chi connectivity index (χ0) is 21.0. The normalized spacial score (nSPS) is 12.7. The van der Waals surface area contributed by atoms with Gasteiger partial charge >= 0.3 is 11.9 Å². The van der Waals surface area contributed by atoms with Crippen molar-refractivity contribution in [1.82, 2.24) is 24.1 Å². The van der Waals surface area contributed by atoms with E-state index in [0.717, 1.165) is 33.0 Å². The maximum Gasteiger partial charge on any atom is 0.434 e. The molecule has 0 atom stereocenters. The van der Waals surface area contributed by atoms with Gasteiger partial charge in [0.15, 0.2) is 15.7 Å². The van der Waals surface area contributed by atoms with Crippen molar-refractivity contribution in [2.45, 2.75) is 41.7 Å². The second-order valence-electron chi connectivity index (χ2n) is 7.11. The Kier molecular flexibility index (Phi) is 4.90. The predicted octanol–water partition coefficient (Wildman–Crippen LogP) is 2.95. The molecule has 3 heterocycles. The molecule has 3 aromatic heterocycles. The first-order valence-corrected chi connectivity index (χ1v) is 9.69. The summed E-state index contributed by atoms with van der Waals surface area (Å²) in [5, 5.41) is 1.13. The zero-order valence-corrected chi connectivity index (χ0v) is 17.2. The molecule has 0 saturated carbocycles. The average molecular weight is 431 g/mol. The van der Waals surface area contributed by atoms with Crippen LogP contribution in [0.3, 0.4) is 0 Å². The quantitative estimate of drug-likeness (QED) is 0.581. The third kappa shape index (κ3) is 3.58. The van der Waals surface area contributed by atoms with Crippen molar-refractivity contribution in [1.29, 1.82) is 0 Å². The molecule has 7 nitrogen and oxygen atoms in total. The lowest BCUT2D eigenvalue weighted by Gasteiger charge is -2.19. The second-order valence-corrected chi connectivity index (χ2v) is 9.20. The number of thiazole rings is 1. The molecule has 3 rings (SSSR count). The van der Waals surface area contributed by atoms with Crippen LogP contribution in [0.4, 0.5) is 13.2 Å². The van der Waals surface area contributed by atoms with Crippen LogP contribution in [-0.2, 0) is 25.7 Å². The summed E-state index contributed by atoms with van der Waals surface area (Å²) in [6.45, 7) is 5.56. The van der Waals surface area contributed by atoms with Crippen LogP contribution in [0.25, 0.3) is 11.0 Å². The van der Waals surface area contributed by atoms with Gasteiger partial charge in [0.05, 0.1) is 0 Å². The lowest BCUT2D eigenvalue weighted by molar-refractivity contribution is -0.141. The van der Waals surface area contributed by atoms with Gasteiger partial charge in [0.25, 0.3) is 5.56 Å². The number of fused-ring (bicyclic) bond motifs is 1. The third-order valence-electron chi connectivity index (χ3n) is 3.90. The van der Waals surface area contributed by atoms with Gasteiger partial charge in [-0.15, -0.1) is 11.3 Å². The van der Waals surface area contributed by atoms with Gasteiger partial charge < -0.3 is 0 Å². The molecular weight excluding hydrogens is 415 g/mol. The van der Waals surface area contributed by atoms with Gasteiger partial charge in [-0.2, -0.15) is 13.2 Å². The summed E-state index contributed by atoms with van der Waals surface area (Å²) >= 11 is 1.65. The van der Waals surface area contributed by atoms with Crippen LogP contribution in [0.15, 0.2) is 24.3 Å². The molecule has 150 valence electrons. The van der Waals surface area contributed by atoms with Crippen LogP contribution in [-0.4, -0.2) is 24.1 Å². The Labute approximate surface area is 165 Å². The van der Waals surface area contributed by atoms with Crippen LogP contribution in [0, 0.1) is 0 Å². The fourth-order valence-corrected chi connectivity index (χ4v) is 4.20. The Morgan fingerprint density at radius 3 is 2.21 bits per heavy atom. The molecule has 0 amide bonds. The van der Waals surface area contributed by atoms with Gasteiger partial charge in [0.2, 0.25) is 0 Å². The molecule has 0 radical (unpaired) electrons. The van der Waals surface area contributed by atoms with Crippen LogP contribution < -0.4 is 11.2 Å². The zero-order valence-electron chi connectivity index (χ0n) is 15.6. The van der Waals surface area contributed by atoms with E-state index in [-0.39, 0.29) is 20.4 Å². The molecule has 28 heavy (non-hydrogen) atoms. The molecule has 0 fully saturated rings. The third-order valence-corrected chi connectivity index (χ3v) is 5.82. The first kappa shape index (κ1) is 20.5. The van der Waals surface area contributed by atoms with E-state index in [2.05, 4.69) is 15.0 Å². The number of alkyl halides is 3. The van der Waals surface area contributed by atoms with E-state index in [1.54, 1.807) is 0 Å². The van der Waals surface area contributed by atoms with Gasteiger partial charge in [0, 0.05) is 24.9 Å². The van der Waals surface area contributed by atoms with E-state index >= 15 is 0 Å². The first-order chi connectivity index (χ1) is 12.8. The molecule has 3 aromatic rings. The number of hydrogen-bond donors (Lipinski definition) is 0. The van der Waals surface area contributed by atoms with Crippen LogP contribution in [0.1, 0.15) is 32.3 Å². The topological polar surface area (TPSA) is 82.7 Å². The molecule has 0 N–H and O–H groups in total. The SMILES string of the molecule is Cn1c(=O)c2c(Sc3nc(C(F)(F)F)cs3)nc(C(C)(C)C)nc2n(C)c1=O. The van der Waals surface area contributed by atoms with Gasteiger partial charge in [-0.3, -0.25) is 13.9 Å². The molecule has 0 bridgehead atoms. The Bertz CT molecular complexity index is 1190. The Balaban J connectivity index is 2.30. The summed E-state index contributed by atoms with van der Waals surface area (Å²) in [6, 6.07) is 0. The standard InChI is InChI=1S/C16H16F3N5O2S2/c1-15(2,3)12-21-9-8(11(25)24(5)14(26)23(9)4)10(22-12)28-13-20-7(6-27-13)16(17,18)19/h6H,1-5H3. The monoisotopic (exact) mass is 431 g/mol. The number of aromatic nitrogens is 5. The maximum atomic E-state index is 12.8. The highest BCUT2D eigenvalue weighted by atomic mass is 32.2. The summed E-state index contributed by atoms with van der Waals surface area (Å²) in [7, 11) is 2.80. The number of halogens is 3. The Morgan fingerprint density at radius 2 is 1.68 bits per heavy atom. The van der Waals surface area contributed by atoms with Crippen molar-refractivity contribution in [3.63, 3.8) is 0 Å². The van der Waals surface area contributed by atoms with E-state index in [1.807, 2.05) is 20.8 Å². The summed E-state index contributed by atoms with van der Waals surface area (Å²) in [4.78, 5) is 37.4. The summed E-state index contributed by atoms with van der Waals surface area (Å²) < 4.78 is 40.8. The minimum Gasteiger partial charge on any atom is -0.280 e. The molecular formula is C16H16F3N5O2S2. The Hall–Kier alpha value is -2.21. The maximum absolute atomic E-state index is 12.8. The molecule has 0 aliphatic carbocycles. The van der Waals surface area contributed by atoms with E-state index in [1.165, 1.54) is 18.7 Å². The summed E-state index contributed by atoms with van der Waals surface area (Å²) in [6.07, 6.45) is -4.56. The predicted molar refractivity (Wildman–Crippen MR) is 100.0 cm³/mol. The number of aryl methyl sites for hydroxylation is 1. The van der Waals surface area contributed by atoms with E-state index in [0.29, 0.717) is 5.82 Å². The van der Waals surface area contributed by atoms with Crippen LogP contribution in [0.5, 0.6) is 0 Å². The first-order valence-electron chi connectivity index (χ1n) is 7.99. The van der Waals surface area contributed by atoms with Gasteiger partial charge in [-0.1, -0.05) is 20.8 Å². The van der Waals surface area contributed by atoms with Crippen molar-refractivity contribution in [3.05, 3.63) is 37.7 Å². The molecule has 12 heteroatoms.